The lowest BCUT2D eigenvalue weighted by atomic mass is 10.0. The molecule has 114 valence electrons. The summed E-state index contributed by atoms with van der Waals surface area (Å²) in [5, 5.41) is 20.8. The first-order valence-electron chi connectivity index (χ1n) is 6.65. The number of aliphatic hydroxyl groups excluding tert-OH is 1. The highest BCUT2D eigenvalue weighted by molar-refractivity contribution is 5.92. The maximum atomic E-state index is 13.5. The van der Waals surface area contributed by atoms with Gasteiger partial charge in [-0.15, -0.1) is 0 Å². The molecule has 1 aromatic rings. The number of nitrogens with one attached hydrogen (secondary N) is 1. The molecule has 0 aromatic heterocycles. The number of hydrogen-bond donors (Lipinski definition) is 3. The van der Waals surface area contributed by atoms with Crippen molar-refractivity contribution in [1.29, 1.82) is 0 Å². The topological polar surface area (TPSA) is 89.9 Å². The zero-order chi connectivity index (χ0) is 15.6. The molecule has 6 nitrogen and oxygen atoms in total. The van der Waals surface area contributed by atoms with Crippen molar-refractivity contribution in [3.8, 4) is 0 Å². The lowest BCUT2D eigenvalue weighted by Gasteiger charge is -2.18. The van der Waals surface area contributed by atoms with Gasteiger partial charge >= 0.3 is 12.0 Å². The number of urea groups is 1. The molecule has 1 saturated heterocycles. The molecule has 2 amide bonds. The van der Waals surface area contributed by atoms with Gasteiger partial charge in [-0.1, -0.05) is 0 Å². The molecule has 2 rings (SSSR count). The molecule has 0 bridgehead atoms. The second-order valence-electron chi connectivity index (χ2n) is 5.17. The number of rotatable bonds is 3. The Morgan fingerprint density at radius 3 is 2.71 bits per heavy atom. The van der Waals surface area contributed by atoms with E-state index in [1.165, 1.54) is 6.07 Å². The van der Waals surface area contributed by atoms with E-state index in [0.717, 1.165) is 18.6 Å². The van der Waals surface area contributed by atoms with Gasteiger partial charge in [0.1, 0.15) is 5.82 Å². The lowest BCUT2D eigenvalue weighted by molar-refractivity contribution is 0.0692. The molecule has 3 N–H and O–H groups in total. The Balaban J connectivity index is 2.00. The number of aliphatic hydroxyl groups is 1. The van der Waals surface area contributed by atoms with Crippen LogP contribution in [-0.4, -0.2) is 46.3 Å². The number of aromatic carboxylic acids is 1. The molecule has 0 aliphatic carbocycles. The van der Waals surface area contributed by atoms with Crippen molar-refractivity contribution in [2.75, 3.05) is 18.4 Å². The number of nitrogens with zero attached hydrogens (tertiary/aromatic N) is 1. The van der Waals surface area contributed by atoms with Gasteiger partial charge in [-0.2, -0.15) is 0 Å². The standard InChI is InChI=1S/C14H17FN2O4/c1-8(18)9-4-5-17(7-9)14(21)16-10-2-3-11(13(19)20)12(15)6-10/h2-3,6,8-9,18H,4-5,7H2,1H3,(H,16,21)(H,19,20). The van der Waals surface area contributed by atoms with E-state index < -0.39 is 23.5 Å². The third kappa shape index (κ3) is 3.49. The average molecular weight is 296 g/mol. The van der Waals surface area contributed by atoms with E-state index in [0.29, 0.717) is 13.1 Å². The minimum Gasteiger partial charge on any atom is -0.478 e. The van der Waals surface area contributed by atoms with E-state index in [4.69, 9.17) is 5.11 Å². The molecule has 1 aliphatic heterocycles. The Kier molecular flexibility index (Phi) is 4.42. The van der Waals surface area contributed by atoms with Gasteiger partial charge in [0.25, 0.3) is 0 Å². The fourth-order valence-corrected chi connectivity index (χ4v) is 2.33. The van der Waals surface area contributed by atoms with Gasteiger partial charge < -0.3 is 20.4 Å². The maximum absolute atomic E-state index is 13.5. The molecule has 1 heterocycles. The molecule has 1 aromatic carbocycles. The van der Waals surface area contributed by atoms with E-state index in [1.54, 1.807) is 11.8 Å². The number of benzene rings is 1. The van der Waals surface area contributed by atoms with Gasteiger partial charge in [0.05, 0.1) is 11.7 Å². The molecule has 1 aliphatic rings. The van der Waals surface area contributed by atoms with Crippen molar-refractivity contribution >= 4 is 17.7 Å². The number of carboxylic acid groups (broad SMARTS) is 1. The minimum absolute atomic E-state index is 0.0434. The van der Waals surface area contributed by atoms with Crippen molar-refractivity contribution < 1.29 is 24.2 Å². The molecule has 21 heavy (non-hydrogen) atoms. The molecule has 0 saturated carbocycles. The van der Waals surface area contributed by atoms with Crippen LogP contribution in [0, 0.1) is 11.7 Å². The summed E-state index contributed by atoms with van der Waals surface area (Å²) in [6, 6.07) is 3.03. The molecule has 1 fully saturated rings. The molecule has 2 atom stereocenters. The summed E-state index contributed by atoms with van der Waals surface area (Å²) in [5.74, 6) is -2.21. The maximum Gasteiger partial charge on any atom is 0.338 e. The number of likely N-dealkylation sites (tertiary alicyclic amines) is 1. The van der Waals surface area contributed by atoms with Crippen LogP contribution in [-0.2, 0) is 0 Å². The number of amides is 2. The molecule has 7 heteroatoms. The summed E-state index contributed by atoms with van der Waals surface area (Å²) in [7, 11) is 0. The van der Waals surface area contributed by atoms with Crippen LogP contribution in [0.25, 0.3) is 0 Å². The highest BCUT2D eigenvalue weighted by Crippen LogP contribution is 2.21. The number of carbonyl (C=O) groups excluding carboxylic acids is 1. The van der Waals surface area contributed by atoms with E-state index in [2.05, 4.69) is 5.32 Å². The summed E-state index contributed by atoms with van der Waals surface area (Å²) in [6.07, 6.45) is 0.243. The second kappa shape index (κ2) is 6.09. The third-order valence-corrected chi connectivity index (χ3v) is 3.64. The first kappa shape index (κ1) is 15.2. The smallest absolute Gasteiger partial charge is 0.338 e. The predicted molar refractivity (Wildman–Crippen MR) is 73.7 cm³/mol. The highest BCUT2D eigenvalue weighted by atomic mass is 19.1. The fourth-order valence-electron chi connectivity index (χ4n) is 2.33. The monoisotopic (exact) mass is 296 g/mol. The first-order valence-corrected chi connectivity index (χ1v) is 6.65. The van der Waals surface area contributed by atoms with Crippen LogP contribution in [0.3, 0.4) is 0 Å². The zero-order valence-electron chi connectivity index (χ0n) is 11.5. The van der Waals surface area contributed by atoms with Crippen molar-refractivity contribution in [1.82, 2.24) is 4.90 Å². The normalized spacial score (nSPS) is 19.4. The fraction of sp³-hybridized carbons (Fsp3) is 0.429. The van der Waals surface area contributed by atoms with Gasteiger partial charge in [0.2, 0.25) is 0 Å². The SMILES string of the molecule is CC(O)C1CCN(C(=O)Nc2ccc(C(=O)O)c(F)c2)C1. The molecule has 0 spiro atoms. The van der Waals surface area contributed by atoms with Gasteiger partial charge in [0, 0.05) is 24.7 Å². The van der Waals surface area contributed by atoms with E-state index >= 15 is 0 Å². The van der Waals surface area contributed by atoms with Gasteiger partial charge in [0.15, 0.2) is 0 Å². The van der Waals surface area contributed by atoms with Crippen molar-refractivity contribution in [2.24, 2.45) is 5.92 Å². The quantitative estimate of drug-likeness (QED) is 0.792. The Hall–Kier alpha value is -2.15. The number of carboxylic acids is 1. The van der Waals surface area contributed by atoms with Crippen LogP contribution in [0.1, 0.15) is 23.7 Å². The van der Waals surface area contributed by atoms with Gasteiger partial charge in [-0.05, 0) is 31.5 Å². The Morgan fingerprint density at radius 1 is 1.48 bits per heavy atom. The number of hydrogen-bond acceptors (Lipinski definition) is 3. The van der Waals surface area contributed by atoms with Crippen LogP contribution in [0.2, 0.25) is 0 Å². The van der Waals surface area contributed by atoms with Gasteiger partial charge in [-0.25, -0.2) is 14.0 Å². The van der Waals surface area contributed by atoms with Crippen molar-refractivity contribution in [3.63, 3.8) is 0 Å². The van der Waals surface area contributed by atoms with Crippen molar-refractivity contribution in [2.45, 2.75) is 19.4 Å². The molecular weight excluding hydrogens is 279 g/mol. The predicted octanol–water partition coefficient (Wildman–Crippen LogP) is 1.76. The van der Waals surface area contributed by atoms with Crippen LogP contribution >= 0.6 is 0 Å². The molecule has 0 radical (unpaired) electrons. The number of carbonyl (C=O) groups is 2. The first-order chi connectivity index (χ1) is 9.88. The van der Waals surface area contributed by atoms with E-state index in [1.807, 2.05) is 0 Å². The second-order valence-corrected chi connectivity index (χ2v) is 5.17. The van der Waals surface area contributed by atoms with E-state index in [9.17, 15) is 19.1 Å². The summed E-state index contributed by atoms with van der Waals surface area (Å²) in [5.41, 5.74) is -0.244. The van der Waals surface area contributed by atoms with Crippen LogP contribution in [0.5, 0.6) is 0 Å². The minimum atomic E-state index is -1.36. The number of anilines is 1. The van der Waals surface area contributed by atoms with E-state index in [-0.39, 0.29) is 17.6 Å². The Labute approximate surface area is 121 Å². The summed E-state index contributed by atoms with van der Waals surface area (Å²) in [4.78, 5) is 24.3. The largest absolute Gasteiger partial charge is 0.478 e. The average Bonchev–Trinajstić information content (AvgIpc) is 2.88. The summed E-state index contributed by atoms with van der Waals surface area (Å²) < 4.78 is 13.5. The van der Waals surface area contributed by atoms with Crippen LogP contribution in [0.15, 0.2) is 18.2 Å². The van der Waals surface area contributed by atoms with Crippen LogP contribution < -0.4 is 5.32 Å². The lowest BCUT2D eigenvalue weighted by Crippen LogP contribution is -2.34. The molecular formula is C14H17FN2O4. The van der Waals surface area contributed by atoms with Gasteiger partial charge in [-0.3, -0.25) is 0 Å². The highest BCUT2D eigenvalue weighted by Gasteiger charge is 2.29. The van der Waals surface area contributed by atoms with Crippen LogP contribution in [0.4, 0.5) is 14.9 Å². The molecule has 2 unspecified atom stereocenters. The zero-order valence-corrected chi connectivity index (χ0v) is 11.5. The number of halogens is 1. The Bertz CT molecular complexity index is 562. The Morgan fingerprint density at radius 2 is 2.19 bits per heavy atom. The summed E-state index contributed by atoms with van der Waals surface area (Å²) in [6.45, 7) is 2.66. The third-order valence-electron chi connectivity index (χ3n) is 3.64. The van der Waals surface area contributed by atoms with Crippen molar-refractivity contribution in [3.05, 3.63) is 29.6 Å². The summed E-state index contributed by atoms with van der Waals surface area (Å²) >= 11 is 0.